The van der Waals surface area contributed by atoms with Gasteiger partial charge < -0.3 is 10.1 Å². The maximum Gasteiger partial charge on any atom is 0.255 e. The number of carbonyl (C=O) groups excluding carboxylic acids is 1. The molecule has 0 aliphatic carbocycles. The Morgan fingerprint density at radius 3 is 2.08 bits per heavy atom. The molecule has 0 saturated heterocycles. The summed E-state index contributed by atoms with van der Waals surface area (Å²) >= 11 is 0. The number of carbonyl (C=O) groups is 1. The Balaban J connectivity index is 1.57. The highest BCUT2D eigenvalue weighted by molar-refractivity contribution is 6.04. The number of amides is 1. The van der Waals surface area contributed by atoms with Gasteiger partial charge in [0.25, 0.3) is 5.91 Å². The van der Waals surface area contributed by atoms with Gasteiger partial charge in [0.2, 0.25) is 0 Å². The number of nitrogens with one attached hydrogen (secondary N) is 1. The Kier molecular flexibility index (Phi) is 5.69. The third-order valence-corrected chi connectivity index (χ3v) is 4.26. The van der Waals surface area contributed by atoms with Gasteiger partial charge >= 0.3 is 0 Å². The van der Waals surface area contributed by atoms with E-state index in [1.807, 2.05) is 79.7 Å². The van der Waals surface area contributed by atoms with Crippen molar-refractivity contribution in [1.82, 2.24) is 0 Å². The number of benzene rings is 3. The minimum Gasteiger partial charge on any atom is -0.489 e. The predicted octanol–water partition coefficient (Wildman–Crippen LogP) is 5.39. The molecule has 132 valence electrons. The zero-order valence-electron chi connectivity index (χ0n) is 15.2. The highest BCUT2D eigenvalue weighted by Crippen LogP contribution is 2.15. The molecular formula is C23H23NO2. The van der Waals surface area contributed by atoms with Crippen LogP contribution in [0.4, 0.5) is 5.69 Å². The van der Waals surface area contributed by atoms with Gasteiger partial charge in [-0.3, -0.25) is 4.79 Å². The van der Waals surface area contributed by atoms with E-state index in [0.717, 1.165) is 23.4 Å². The minimum absolute atomic E-state index is 0.111. The second kappa shape index (κ2) is 8.34. The molecule has 0 aliphatic rings. The summed E-state index contributed by atoms with van der Waals surface area (Å²) < 4.78 is 5.76. The van der Waals surface area contributed by atoms with Crippen molar-refractivity contribution >= 4 is 11.6 Å². The zero-order chi connectivity index (χ0) is 18.4. The second-order valence-corrected chi connectivity index (χ2v) is 6.30. The van der Waals surface area contributed by atoms with E-state index in [-0.39, 0.29) is 5.91 Å². The van der Waals surface area contributed by atoms with Crippen molar-refractivity contribution in [1.29, 1.82) is 0 Å². The highest BCUT2D eigenvalue weighted by Gasteiger charge is 2.06. The molecule has 0 aliphatic heterocycles. The molecule has 0 bridgehead atoms. The van der Waals surface area contributed by atoms with Gasteiger partial charge in [0.15, 0.2) is 0 Å². The molecule has 1 N–H and O–H groups in total. The summed E-state index contributed by atoms with van der Waals surface area (Å²) in [5, 5.41) is 2.92. The van der Waals surface area contributed by atoms with Gasteiger partial charge in [-0.15, -0.1) is 0 Å². The zero-order valence-corrected chi connectivity index (χ0v) is 15.2. The summed E-state index contributed by atoms with van der Waals surface area (Å²) in [5.74, 6) is 0.730. The maximum absolute atomic E-state index is 12.3. The number of hydrogen-bond donors (Lipinski definition) is 1. The predicted molar refractivity (Wildman–Crippen MR) is 106 cm³/mol. The molecule has 3 aromatic rings. The first-order chi connectivity index (χ1) is 12.6. The van der Waals surface area contributed by atoms with Gasteiger partial charge in [-0.1, -0.05) is 48.9 Å². The van der Waals surface area contributed by atoms with Crippen LogP contribution in [0.25, 0.3) is 0 Å². The average Bonchev–Trinajstić information content (AvgIpc) is 2.68. The van der Waals surface area contributed by atoms with E-state index in [4.69, 9.17) is 4.74 Å². The molecule has 0 unspecified atom stereocenters. The number of hydrogen-bond acceptors (Lipinski definition) is 2. The van der Waals surface area contributed by atoms with Crippen molar-refractivity contribution in [3.63, 3.8) is 0 Å². The Hall–Kier alpha value is -3.07. The summed E-state index contributed by atoms with van der Waals surface area (Å²) in [7, 11) is 0. The third-order valence-electron chi connectivity index (χ3n) is 4.26. The van der Waals surface area contributed by atoms with Crippen LogP contribution in [-0.4, -0.2) is 5.91 Å². The largest absolute Gasteiger partial charge is 0.489 e. The number of rotatable bonds is 6. The lowest BCUT2D eigenvalue weighted by molar-refractivity contribution is 0.102. The lowest BCUT2D eigenvalue weighted by Gasteiger charge is -2.08. The first kappa shape index (κ1) is 17.7. The van der Waals surface area contributed by atoms with Gasteiger partial charge in [-0.2, -0.15) is 0 Å². The van der Waals surface area contributed by atoms with Gasteiger partial charge in [-0.25, -0.2) is 0 Å². The van der Waals surface area contributed by atoms with Crippen molar-refractivity contribution in [2.24, 2.45) is 0 Å². The average molecular weight is 345 g/mol. The molecule has 3 nitrogen and oxygen atoms in total. The van der Waals surface area contributed by atoms with Gasteiger partial charge in [0.1, 0.15) is 12.4 Å². The third kappa shape index (κ3) is 4.73. The van der Waals surface area contributed by atoms with Crippen LogP contribution >= 0.6 is 0 Å². The number of ether oxygens (including phenoxy) is 1. The molecule has 3 rings (SSSR count). The Morgan fingerprint density at radius 2 is 1.46 bits per heavy atom. The normalized spacial score (nSPS) is 10.4. The van der Waals surface area contributed by atoms with Crippen LogP contribution in [0.5, 0.6) is 5.75 Å². The van der Waals surface area contributed by atoms with E-state index in [1.165, 1.54) is 11.1 Å². The molecule has 1 amide bonds. The summed E-state index contributed by atoms with van der Waals surface area (Å²) in [6.45, 7) is 4.63. The lowest BCUT2D eigenvalue weighted by atomic mass is 10.1. The topological polar surface area (TPSA) is 38.3 Å². The van der Waals surface area contributed by atoms with E-state index in [2.05, 4.69) is 12.2 Å². The van der Waals surface area contributed by atoms with Crippen molar-refractivity contribution in [2.75, 3.05) is 5.32 Å². The van der Waals surface area contributed by atoms with E-state index in [1.54, 1.807) is 0 Å². The van der Waals surface area contributed by atoms with Crippen LogP contribution < -0.4 is 10.1 Å². The summed E-state index contributed by atoms with van der Waals surface area (Å²) in [6.07, 6.45) is 0.986. The summed E-state index contributed by atoms with van der Waals surface area (Å²) in [5.41, 5.74) is 4.91. The van der Waals surface area contributed by atoms with Crippen molar-refractivity contribution < 1.29 is 9.53 Å². The van der Waals surface area contributed by atoms with Crippen LogP contribution in [-0.2, 0) is 13.0 Å². The van der Waals surface area contributed by atoms with Crippen molar-refractivity contribution in [3.05, 3.63) is 95.1 Å². The first-order valence-electron chi connectivity index (χ1n) is 8.83. The van der Waals surface area contributed by atoms with Crippen LogP contribution in [0.15, 0.2) is 72.8 Å². The monoisotopic (exact) mass is 345 g/mol. The van der Waals surface area contributed by atoms with Crippen molar-refractivity contribution in [2.45, 2.75) is 26.9 Å². The summed E-state index contributed by atoms with van der Waals surface area (Å²) in [4.78, 5) is 12.3. The lowest BCUT2D eigenvalue weighted by Crippen LogP contribution is -2.11. The molecule has 0 aromatic heterocycles. The highest BCUT2D eigenvalue weighted by atomic mass is 16.5. The molecule has 0 saturated carbocycles. The molecule has 0 fully saturated rings. The standard InChI is InChI=1S/C23H23NO2/c1-3-18-8-12-21(13-9-18)24-23(25)20-10-6-19(7-11-20)16-26-22-14-4-17(2)5-15-22/h4-15H,3,16H2,1-2H3,(H,24,25). The molecule has 26 heavy (non-hydrogen) atoms. The first-order valence-corrected chi connectivity index (χ1v) is 8.83. The fourth-order valence-electron chi connectivity index (χ4n) is 2.58. The van der Waals surface area contributed by atoms with Gasteiger partial charge in [-0.05, 0) is 60.9 Å². The van der Waals surface area contributed by atoms with Gasteiger partial charge in [0.05, 0.1) is 0 Å². The smallest absolute Gasteiger partial charge is 0.255 e. The Morgan fingerprint density at radius 1 is 0.846 bits per heavy atom. The number of aryl methyl sites for hydroxylation is 2. The fourth-order valence-corrected chi connectivity index (χ4v) is 2.58. The molecule has 3 heteroatoms. The van der Waals surface area contributed by atoms with Gasteiger partial charge in [0, 0.05) is 11.3 Å². The molecule has 0 radical (unpaired) electrons. The Labute approximate surface area is 154 Å². The van der Waals surface area contributed by atoms with Crippen LogP contribution in [0, 0.1) is 6.92 Å². The van der Waals surface area contributed by atoms with Crippen LogP contribution in [0.1, 0.15) is 34.0 Å². The molecular weight excluding hydrogens is 322 g/mol. The Bertz CT molecular complexity index is 850. The number of anilines is 1. The van der Waals surface area contributed by atoms with E-state index < -0.39 is 0 Å². The fraction of sp³-hybridized carbons (Fsp3) is 0.174. The van der Waals surface area contributed by atoms with Crippen molar-refractivity contribution in [3.8, 4) is 5.75 Å². The summed E-state index contributed by atoms with van der Waals surface area (Å²) in [6, 6.07) is 23.4. The second-order valence-electron chi connectivity index (χ2n) is 6.30. The van der Waals surface area contributed by atoms with E-state index in [0.29, 0.717) is 12.2 Å². The molecule has 3 aromatic carbocycles. The quantitative estimate of drug-likeness (QED) is 0.650. The van der Waals surface area contributed by atoms with Crippen LogP contribution in [0.3, 0.4) is 0 Å². The SMILES string of the molecule is CCc1ccc(NC(=O)c2ccc(COc3ccc(C)cc3)cc2)cc1. The minimum atomic E-state index is -0.111. The molecule has 0 atom stereocenters. The molecule has 0 heterocycles. The van der Waals surface area contributed by atoms with E-state index >= 15 is 0 Å². The van der Waals surface area contributed by atoms with E-state index in [9.17, 15) is 4.79 Å². The maximum atomic E-state index is 12.3. The van der Waals surface area contributed by atoms with Crippen LogP contribution in [0.2, 0.25) is 0 Å². The molecule has 0 spiro atoms.